The van der Waals surface area contributed by atoms with Crippen LogP contribution in [-0.4, -0.2) is 14.1 Å². The van der Waals surface area contributed by atoms with E-state index in [0.717, 1.165) is 29.8 Å². The molecule has 0 N–H and O–H groups in total. The van der Waals surface area contributed by atoms with Crippen LogP contribution in [0.25, 0.3) is 10.9 Å². The van der Waals surface area contributed by atoms with Gasteiger partial charge in [-0.05, 0) is 25.1 Å². The molecule has 3 aromatic rings. The summed E-state index contributed by atoms with van der Waals surface area (Å²) in [6.45, 7) is 3.73. The molecule has 0 spiro atoms. The van der Waals surface area contributed by atoms with Gasteiger partial charge in [0.1, 0.15) is 5.82 Å². The number of hydrogen-bond donors (Lipinski definition) is 0. The SMILES string of the molecule is Cc1nccn1CCn1ccc2c(Cl)cc(Cl)cc21. The Kier molecular flexibility index (Phi) is 3.25. The van der Waals surface area contributed by atoms with E-state index in [1.807, 2.05) is 37.6 Å². The molecule has 19 heavy (non-hydrogen) atoms. The zero-order valence-electron chi connectivity index (χ0n) is 10.5. The van der Waals surface area contributed by atoms with E-state index in [1.54, 1.807) is 6.07 Å². The van der Waals surface area contributed by atoms with Crippen molar-refractivity contribution in [3.05, 3.63) is 52.7 Å². The Morgan fingerprint density at radius 2 is 1.89 bits per heavy atom. The van der Waals surface area contributed by atoms with Crippen molar-refractivity contribution in [1.82, 2.24) is 14.1 Å². The third-order valence-electron chi connectivity index (χ3n) is 3.31. The number of halogens is 2. The molecule has 0 fully saturated rings. The molecule has 3 nitrogen and oxygen atoms in total. The fourth-order valence-electron chi connectivity index (χ4n) is 2.27. The molecule has 3 rings (SSSR count). The second kappa shape index (κ2) is 4.91. The predicted octanol–water partition coefficient (Wildman–Crippen LogP) is 4.15. The van der Waals surface area contributed by atoms with Crippen LogP contribution in [0.4, 0.5) is 0 Å². The Bertz CT molecular complexity index is 727. The Hall–Kier alpha value is -1.45. The maximum Gasteiger partial charge on any atom is 0.105 e. The molecule has 2 aromatic heterocycles. The maximum absolute atomic E-state index is 6.19. The Balaban J connectivity index is 1.91. The lowest BCUT2D eigenvalue weighted by molar-refractivity contribution is 0.580. The van der Waals surface area contributed by atoms with E-state index < -0.39 is 0 Å². The molecule has 0 saturated heterocycles. The number of fused-ring (bicyclic) bond motifs is 1. The molecule has 0 atom stereocenters. The molecule has 1 aromatic carbocycles. The first-order valence-electron chi connectivity index (χ1n) is 6.07. The van der Waals surface area contributed by atoms with E-state index in [0.29, 0.717) is 10.0 Å². The van der Waals surface area contributed by atoms with E-state index >= 15 is 0 Å². The van der Waals surface area contributed by atoms with Gasteiger partial charge in [0, 0.05) is 42.1 Å². The van der Waals surface area contributed by atoms with E-state index in [-0.39, 0.29) is 0 Å². The second-order valence-corrected chi connectivity index (χ2v) is 5.34. The van der Waals surface area contributed by atoms with Gasteiger partial charge in [0.05, 0.1) is 10.5 Å². The largest absolute Gasteiger partial charge is 0.346 e. The third-order valence-corrected chi connectivity index (χ3v) is 3.84. The number of aromatic nitrogens is 3. The van der Waals surface area contributed by atoms with Crippen LogP contribution in [0, 0.1) is 6.92 Å². The number of imidazole rings is 1. The molecule has 2 heterocycles. The quantitative estimate of drug-likeness (QED) is 0.711. The monoisotopic (exact) mass is 293 g/mol. The lowest BCUT2D eigenvalue weighted by atomic mass is 10.2. The van der Waals surface area contributed by atoms with Gasteiger partial charge in [-0.1, -0.05) is 23.2 Å². The van der Waals surface area contributed by atoms with Gasteiger partial charge in [-0.3, -0.25) is 0 Å². The van der Waals surface area contributed by atoms with Crippen molar-refractivity contribution in [2.75, 3.05) is 0 Å². The van der Waals surface area contributed by atoms with Gasteiger partial charge < -0.3 is 9.13 Å². The van der Waals surface area contributed by atoms with Crippen molar-refractivity contribution in [2.24, 2.45) is 0 Å². The van der Waals surface area contributed by atoms with Crippen molar-refractivity contribution in [3.63, 3.8) is 0 Å². The summed E-state index contributed by atoms with van der Waals surface area (Å²) in [6, 6.07) is 5.74. The van der Waals surface area contributed by atoms with Crippen LogP contribution in [0.15, 0.2) is 36.8 Å². The first-order chi connectivity index (χ1) is 9.15. The summed E-state index contributed by atoms with van der Waals surface area (Å²) in [5.74, 6) is 1.02. The van der Waals surface area contributed by atoms with Crippen LogP contribution in [-0.2, 0) is 13.1 Å². The molecule has 0 saturated carbocycles. The molecular weight excluding hydrogens is 281 g/mol. The molecule has 0 unspecified atom stereocenters. The van der Waals surface area contributed by atoms with Crippen molar-refractivity contribution < 1.29 is 0 Å². The molecule has 0 aliphatic rings. The van der Waals surface area contributed by atoms with Crippen LogP contribution in [0.5, 0.6) is 0 Å². The second-order valence-electron chi connectivity index (χ2n) is 4.50. The van der Waals surface area contributed by atoms with E-state index in [2.05, 4.69) is 14.1 Å². The van der Waals surface area contributed by atoms with Crippen LogP contribution in [0.1, 0.15) is 5.82 Å². The van der Waals surface area contributed by atoms with E-state index in [4.69, 9.17) is 23.2 Å². The van der Waals surface area contributed by atoms with E-state index in [1.165, 1.54) is 0 Å². The first kappa shape index (κ1) is 12.6. The van der Waals surface area contributed by atoms with Gasteiger partial charge in [-0.2, -0.15) is 0 Å². The highest BCUT2D eigenvalue weighted by atomic mass is 35.5. The van der Waals surface area contributed by atoms with Gasteiger partial charge >= 0.3 is 0 Å². The van der Waals surface area contributed by atoms with Gasteiger partial charge in [0.15, 0.2) is 0 Å². The van der Waals surface area contributed by atoms with Crippen molar-refractivity contribution in [3.8, 4) is 0 Å². The van der Waals surface area contributed by atoms with Crippen LogP contribution >= 0.6 is 23.2 Å². The number of aryl methyl sites for hydroxylation is 3. The van der Waals surface area contributed by atoms with Crippen molar-refractivity contribution in [2.45, 2.75) is 20.0 Å². The van der Waals surface area contributed by atoms with Gasteiger partial charge in [0.2, 0.25) is 0 Å². The van der Waals surface area contributed by atoms with Crippen LogP contribution in [0.2, 0.25) is 10.0 Å². The smallest absolute Gasteiger partial charge is 0.105 e. The van der Waals surface area contributed by atoms with Crippen molar-refractivity contribution >= 4 is 34.1 Å². The highest BCUT2D eigenvalue weighted by Crippen LogP contribution is 2.28. The lowest BCUT2D eigenvalue weighted by Gasteiger charge is -2.08. The minimum absolute atomic E-state index is 0.663. The molecule has 0 amide bonds. The third kappa shape index (κ3) is 2.36. The summed E-state index contributed by atoms with van der Waals surface area (Å²) < 4.78 is 4.28. The number of benzene rings is 1. The Morgan fingerprint density at radius 1 is 1.11 bits per heavy atom. The zero-order valence-corrected chi connectivity index (χ0v) is 12.0. The van der Waals surface area contributed by atoms with Gasteiger partial charge in [-0.25, -0.2) is 4.98 Å². The highest BCUT2D eigenvalue weighted by Gasteiger charge is 2.06. The standard InChI is InChI=1S/C14H13Cl2N3/c1-10-17-3-5-18(10)6-7-19-4-2-12-13(16)8-11(15)9-14(12)19/h2-5,8-9H,6-7H2,1H3. The minimum Gasteiger partial charge on any atom is -0.346 e. The van der Waals surface area contributed by atoms with Gasteiger partial charge in [-0.15, -0.1) is 0 Å². The van der Waals surface area contributed by atoms with E-state index in [9.17, 15) is 0 Å². The summed E-state index contributed by atoms with van der Waals surface area (Å²) in [7, 11) is 0. The molecule has 0 radical (unpaired) electrons. The average Bonchev–Trinajstić information content (AvgIpc) is 2.93. The summed E-state index contributed by atoms with van der Waals surface area (Å²) in [5, 5.41) is 2.39. The molecule has 0 aliphatic heterocycles. The Labute approximate surface area is 121 Å². The van der Waals surface area contributed by atoms with Crippen LogP contribution in [0.3, 0.4) is 0 Å². The summed E-state index contributed by atoms with van der Waals surface area (Å²) in [4.78, 5) is 4.22. The minimum atomic E-state index is 0.663. The maximum atomic E-state index is 6.19. The molecule has 0 bridgehead atoms. The summed E-state index contributed by atoms with van der Waals surface area (Å²) in [5.41, 5.74) is 1.07. The summed E-state index contributed by atoms with van der Waals surface area (Å²) in [6.07, 6.45) is 5.84. The number of hydrogen-bond acceptors (Lipinski definition) is 1. The highest BCUT2D eigenvalue weighted by molar-refractivity contribution is 6.38. The average molecular weight is 294 g/mol. The Morgan fingerprint density at radius 3 is 2.63 bits per heavy atom. The topological polar surface area (TPSA) is 22.8 Å². The normalized spacial score (nSPS) is 11.3. The number of nitrogens with zero attached hydrogens (tertiary/aromatic N) is 3. The summed E-state index contributed by atoms with van der Waals surface area (Å²) >= 11 is 12.3. The molecule has 5 heteroatoms. The molecular formula is C14H13Cl2N3. The van der Waals surface area contributed by atoms with Crippen molar-refractivity contribution in [1.29, 1.82) is 0 Å². The zero-order chi connectivity index (χ0) is 13.4. The fourth-order valence-corrected chi connectivity index (χ4v) is 2.81. The number of rotatable bonds is 3. The molecule has 98 valence electrons. The van der Waals surface area contributed by atoms with Gasteiger partial charge in [0.25, 0.3) is 0 Å². The molecule has 0 aliphatic carbocycles. The fraction of sp³-hybridized carbons (Fsp3) is 0.214. The van der Waals surface area contributed by atoms with Crippen LogP contribution < -0.4 is 0 Å². The first-order valence-corrected chi connectivity index (χ1v) is 6.82. The lowest BCUT2D eigenvalue weighted by Crippen LogP contribution is -2.07. The predicted molar refractivity (Wildman–Crippen MR) is 78.9 cm³/mol.